The molecule has 0 saturated carbocycles. The first-order chi connectivity index (χ1) is 27.6. The van der Waals surface area contributed by atoms with E-state index in [1.54, 1.807) is 0 Å². The van der Waals surface area contributed by atoms with Crippen LogP contribution in [0.4, 0.5) is 0 Å². The molecule has 0 spiro atoms. The quantitative estimate of drug-likeness (QED) is 0.164. The van der Waals surface area contributed by atoms with E-state index in [1.807, 2.05) is 0 Å². The summed E-state index contributed by atoms with van der Waals surface area (Å²) >= 11 is 0. The minimum Gasteiger partial charge on any atom is -0.292 e. The highest BCUT2D eigenvalue weighted by Crippen LogP contribution is 2.42. The topological polar surface area (TPSA) is 17.8 Å². The minimum atomic E-state index is 0.941. The zero-order chi connectivity index (χ0) is 39.3. The van der Waals surface area contributed by atoms with Crippen LogP contribution in [-0.4, -0.2) is 72.3 Å². The SMILES string of the molecule is Bc1c(B)c(B)c2c(-c3ccc4ccccc4c3)c3c(B)c(B)c(B)c(B)c3c(-c3ccc(-c4nc5ccccc5n4-c4ccc5ccccc5c4)cc3)c2c1B. The lowest BCUT2D eigenvalue weighted by atomic mass is 9.59. The van der Waals surface area contributed by atoms with Gasteiger partial charge in [0.1, 0.15) is 68.6 Å². The van der Waals surface area contributed by atoms with Gasteiger partial charge in [0.15, 0.2) is 0 Å². The van der Waals surface area contributed by atoms with E-state index in [2.05, 4.69) is 201 Å². The highest BCUT2D eigenvalue weighted by molar-refractivity contribution is 6.71. The van der Waals surface area contributed by atoms with E-state index in [9.17, 15) is 0 Å². The van der Waals surface area contributed by atoms with E-state index in [1.165, 1.54) is 109 Å². The van der Waals surface area contributed by atoms with E-state index in [-0.39, 0.29) is 0 Å². The normalized spacial score (nSPS) is 11.7. The highest BCUT2D eigenvalue weighted by atomic mass is 15.1. The van der Waals surface area contributed by atoms with Crippen molar-refractivity contribution in [2.24, 2.45) is 0 Å². The van der Waals surface area contributed by atoms with Gasteiger partial charge in [0.25, 0.3) is 0 Å². The van der Waals surface area contributed by atoms with Gasteiger partial charge in [-0.3, -0.25) is 4.57 Å². The molecule has 10 heteroatoms. The van der Waals surface area contributed by atoms with Crippen LogP contribution >= 0.6 is 0 Å². The van der Waals surface area contributed by atoms with Gasteiger partial charge in [-0.05, 0) is 95.7 Å². The van der Waals surface area contributed by atoms with Gasteiger partial charge in [-0.1, -0.05) is 125 Å². The lowest BCUT2D eigenvalue weighted by Crippen LogP contribution is -2.50. The van der Waals surface area contributed by atoms with Crippen LogP contribution in [0.3, 0.4) is 0 Å². The Bertz CT molecular complexity index is 3250. The largest absolute Gasteiger partial charge is 0.292 e. The molecule has 2 nitrogen and oxygen atoms in total. The Morgan fingerprint density at radius 1 is 0.351 bits per heavy atom. The molecule has 0 bridgehead atoms. The molecule has 0 saturated heterocycles. The van der Waals surface area contributed by atoms with Gasteiger partial charge >= 0.3 is 0 Å². The Morgan fingerprint density at radius 2 is 0.772 bits per heavy atom. The van der Waals surface area contributed by atoms with Crippen molar-refractivity contribution in [1.29, 1.82) is 0 Å². The van der Waals surface area contributed by atoms with E-state index in [4.69, 9.17) is 4.98 Å². The maximum atomic E-state index is 5.27. The summed E-state index contributed by atoms with van der Waals surface area (Å²) in [7, 11) is 18.6. The van der Waals surface area contributed by atoms with Crippen LogP contribution in [0.25, 0.3) is 93.5 Å². The van der Waals surface area contributed by atoms with Crippen LogP contribution in [0.2, 0.25) is 0 Å². The monoisotopic (exact) mass is 718 g/mol. The van der Waals surface area contributed by atoms with Gasteiger partial charge in [-0.15, -0.1) is 21.9 Å². The van der Waals surface area contributed by atoms with Crippen molar-refractivity contribution in [3.05, 3.63) is 133 Å². The molecule has 0 radical (unpaired) electrons. The Labute approximate surface area is 341 Å². The number of nitrogens with zero attached hydrogens (tertiary/aromatic N) is 2. The molecule has 0 aliphatic heterocycles. The Morgan fingerprint density at radius 3 is 1.33 bits per heavy atom. The van der Waals surface area contributed by atoms with Gasteiger partial charge < -0.3 is 0 Å². The van der Waals surface area contributed by atoms with Crippen LogP contribution in [-0.2, 0) is 0 Å². The van der Waals surface area contributed by atoms with Gasteiger partial charge in [0.05, 0.1) is 11.0 Å². The third kappa shape index (κ3) is 5.33. The number of aromatic nitrogens is 2. The fraction of sp³-hybridized carbons (Fsp3) is 0. The number of imidazole rings is 1. The number of hydrogen-bond donors (Lipinski definition) is 0. The molecule has 10 aromatic rings. The molecule has 0 amide bonds. The Hall–Kier alpha value is -5.99. The molecular formula is C47H38B8N2. The predicted molar refractivity (Wildman–Crippen MR) is 273 cm³/mol. The summed E-state index contributed by atoms with van der Waals surface area (Å²) in [6.45, 7) is 0. The van der Waals surface area contributed by atoms with Crippen molar-refractivity contribution in [2.75, 3.05) is 0 Å². The predicted octanol–water partition coefficient (Wildman–Crippen LogP) is -1.29. The van der Waals surface area contributed by atoms with Crippen molar-refractivity contribution in [3.8, 4) is 39.3 Å². The molecule has 0 unspecified atom stereocenters. The molecule has 57 heavy (non-hydrogen) atoms. The number of fused-ring (bicyclic) bond motifs is 5. The summed E-state index contributed by atoms with van der Waals surface area (Å²) in [4.78, 5) is 5.27. The number of hydrogen-bond acceptors (Lipinski definition) is 1. The van der Waals surface area contributed by atoms with Crippen molar-refractivity contribution < 1.29 is 0 Å². The second-order valence-corrected chi connectivity index (χ2v) is 16.2. The lowest BCUT2D eigenvalue weighted by molar-refractivity contribution is 1.11. The summed E-state index contributed by atoms with van der Waals surface area (Å²) in [6.07, 6.45) is 0. The van der Waals surface area contributed by atoms with Crippen molar-refractivity contribution in [1.82, 2.24) is 9.55 Å². The Balaban J connectivity index is 1.28. The molecule has 0 aliphatic rings. The summed E-state index contributed by atoms with van der Waals surface area (Å²) in [6, 6.07) is 48.8. The molecule has 10 rings (SSSR count). The third-order valence-electron chi connectivity index (χ3n) is 13.4. The average molecular weight is 717 g/mol. The van der Waals surface area contributed by atoms with E-state index < -0.39 is 0 Å². The Kier molecular flexibility index (Phi) is 8.27. The third-order valence-corrected chi connectivity index (χ3v) is 13.4. The molecular weight excluding hydrogens is 679 g/mol. The van der Waals surface area contributed by atoms with E-state index in [0.29, 0.717) is 0 Å². The molecule has 0 atom stereocenters. The lowest BCUT2D eigenvalue weighted by Gasteiger charge is -2.28. The summed E-state index contributed by atoms with van der Waals surface area (Å²) in [5.41, 5.74) is 20.3. The van der Waals surface area contributed by atoms with Crippen molar-refractivity contribution in [3.63, 3.8) is 0 Å². The highest BCUT2D eigenvalue weighted by Gasteiger charge is 2.25. The molecule has 260 valence electrons. The molecule has 0 fully saturated rings. The van der Waals surface area contributed by atoms with Gasteiger partial charge in [0, 0.05) is 11.3 Å². The van der Waals surface area contributed by atoms with Crippen molar-refractivity contribution in [2.45, 2.75) is 0 Å². The first kappa shape index (κ1) is 35.4. The molecule has 1 heterocycles. The smallest absolute Gasteiger partial charge is 0.145 e. The first-order valence-corrected chi connectivity index (χ1v) is 20.1. The zero-order valence-electron chi connectivity index (χ0n) is 34.1. The van der Waals surface area contributed by atoms with Crippen molar-refractivity contribution >= 4 is 161 Å². The van der Waals surface area contributed by atoms with Gasteiger partial charge in [0.2, 0.25) is 0 Å². The number of benzene rings is 9. The van der Waals surface area contributed by atoms with Crippen LogP contribution in [0.5, 0.6) is 0 Å². The standard InChI is InChI=1S/C47H38B8N2/c48-39-35-33(25-14-16-26(17-15-25)47-56-31-11-5-6-12-32(31)57(47)30-20-19-24-8-2-4-10-28(24)22-30)36-38(42(51)46(55)44(53)40(36)49)34(37(35)41(50)45(54)43(39)52)29-18-13-23-7-1-3-9-27(23)21-29/h1-22H,48-55H2. The van der Waals surface area contributed by atoms with Crippen LogP contribution in [0.1, 0.15) is 0 Å². The first-order valence-electron chi connectivity index (χ1n) is 20.1. The second kappa shape index (κ2) is 13.3. The number of para-hydroxylation sites is 2. The molecule has 0 N–H and O–H groups in total. The average Bonchev–Trinajstić information content (AvgIpc) is 3.64. The number of rotatable bonds is 4. The van der Waals surface area contributed by atoms with Crippen LogP contribution < -0.4 is 43.7 Å². The summed E-state index contributed by atoms with van der Waals surface area (Å²) in [5, 5.41) is 10.4. The second-order valence-electron chi connectivity index (χ2n) is 16.2. The maximum absolute atomic E-state index is 5.27. The molecule has 1 aromatic heterocycles. The molecule has 0 aliphatic carbocycles. The van der Waals surface area contributed by atoms with E-state index >= 15 is 0 Å². The van der Waals surface area contributed by atoms with Gasteiger partial charge in [-0.25, -0.2) is 4.98 Å². The van der Waals surface area contributed by atoms with Gasteiger partial charge in [-0.2, -0.15) is 0 Å². The van der Waals surface area contributed by atoms with E-state index in [0.717, 1.165) is 28.1 Å². The zero-order valence-corrected chi connectivity index (χ0v) is 34.1. The fourth-order valence-corrected chi connectivity index (χ4v) is 9.63. The minimum absolute atomic E-state index is 0.941. The summed E-state index contributed by atoms with van der Waals surface area (Å²) in [5.74, 6) is 0.941. The summed E-state index contributed by atoms with van der Waals surface area (Å²) < 4.78 is 2.32. The van der Waals surface area contributed by atoms with Crippen LogP contribution in [0, 0.1) is 0 Å². The maximum Gasteiger partial charge on any atom is 0.145 e. The van der Waals surface area contributed by atoms with Crippen LogP contribution in [0.15, 0.2) is 133 Å². The molecule has 9 aromatic carbocycles. The fourth-order valence-electron chi connectivity index (χ4n) is 9.63.